The standard InChI is InChI=1S/C15H12BrNO4S/c16-13-8-15-14(20-5-6-21-15)7-10(13)9-22-12-3-1-11(2-4-12)17(18)19/h1-4,7-8H,5-6,9H2. The number of nitrogens with zero attached hydrogens (tertiary/aromatic N) is 1. The van der Waals surface area contributed by atoms with E-state index >= 15 is 0 Å². The molecule has 114 valence electrons. The number of benzene rings is 2. The lowest BCUT2D eigenvalue weighted by atomic mass is 10.2. The van der Waals surface area contributed by atoms with Crippen molar-refractivity contribution < 1.29 is 14.4 Å². The Kier molecular flexibility index (Phi) is 4.54. The van der Waals surface area contributed by atoms with Crippen molar-refractivity contribution >= 4 is 33.4 Å². The van der Waals surface area contributed by atoms with Crippen LogP contribution in [0.15, 0.2) is 45.8 Å². The Morgan fingerprint density at radius 3 is 2.41 bits per heavy atom. The van der Waals surface area contributed by atoms with Gasteiger partial charge in [0.1, 0.15) is 13.2 Å². The summed E-state index contributed by atoms with van der Waals surface area (Å²) in [6, 6.07) is 10.4. The molecule has 0 radical (unpaired) electrons. The Labute approximate surface area is 139 Å². The van der Waals surface area contributed by atoms with E-state index in [4.69, 9.17) is 9.47 Å². The fourth-order valence-electron chi connectivity index (χ4n) is 2.04. The van der Waals surface area contributed by atoms with Gasteiger partial charge in [-0.25, -0.2) is 0 Å². The van der Waals surface area contributed by atoms with E-state index in [0.29, 0.717) is 13.2 Å². The average molecular weight is 382 g/mol. The first-order valence-electron chi connectivity index (χ1n) is 6.59. The molecule has 1 heterocycles. The van der Waals surface area contributed by atoms with Crippen LogP contribution in [0, 0.1) is 10.1 Å². The maximum Gasteiger partial charge on any atom is 0.269 e. The Balaban J connectivity index is 1.72. The summed E-state index contributed by atoms with van der Waals surface area (Å²) in [5, 5.41) is 10.6. The number of thioether (sulfide) groups is 1. The van der Waals surface area contributed by atoms with Crippen LogP contribution in [0.1, 0.15) is 5.56 Å². The van der Waals surface area contributed by atoms with E-state index in [1.165, 1.54) is 12.1 Å². The number of hydrogen-bond donors (Lipinski definition) is 0. The van der Waals surface area contributed by atoms with Crippen molar-refractivity contribution in [1.29, 1.82) is 0 Å². The van der Waals surface area contributed by atoms with Crippen molar-refractivity contribution in [2.24, 2.45) is 0 Å². The third-order valence-electron chi connectivity index (χ3n) is 3.15. The fraction of sp³-hybridized carbons (Fsp3) is 0.200. The second-order valence-electron chi connectivity index (χ2n) is 4.63. The number of non-ortho nitro benzene ring substituents is 1. The Bertz CT molecular complexity index is 705. The predicted molar refractivity (Wildman–Crippen MR) is 87.8 cm³/mol. The summed E-state index contributed by atoms with van der Waals surface area (Å²) in [6.07, 6.45) is 0. The van der Waals surface area contributed by atoms with Crippen LogP contribution in [0.5, 0.6) is 11.5 Å². The van der Waals surface area contributed by atoms with Crippen molar-refractivity contribution in [3.05, 3.63) is 56.5 Å². The van der Waals surface area contributed by atoms with Gasteiger partial charge in [-0.3, -0.25) is 10.1 Å². The summed E-state index contributed by atoms with van der Waals surface area (Å²) >= 11 is 5.15. The summed E-state index contributed by atoms with van der Waals surface area (Å²) in [5.74, 6) is 2.24. The molecule has 7 heteroatoms. The van der Waals surface area contributed by atoms with E-state index in [9.17, 15) is 10.1 Å². The van der Waals surface area contributed by atoms with Gasteiger partial charge in [-0.05, 0) is 29.8 Å². The predicted octanol–water partition coefficient (Wildman–Crippen LogP) is 4.42. The third-order valence-corrected chi connectivity index (χ3v) is 4.95. The number of nitro benzene ring substituents is 1. The zero-order chi connectivity index (χ0) is 15.5. The van der Waals surface area contributed by atoms with Crippen LogP contribution in [-0.2, 0) is 5.75 Å². The van der Waals surface area contributed by atoms with Crippen LogP contribution in [-0.4, -0.2) is 18.1 Å². The monoisotopic (exact) mass is 381 g/mol. The highest BCUT2D eigenvalue weighted by atomic mass is 79.9. The second kappa shape index (κ2) is 6.58. The molecule has 2 aromatic carbocycles. The molecule has 0 aliphatic carbocycles. The Morgan fingerprint density at radius 1 is 1.14 bits per heavy atom. The van der Waals surface area contributed by atoms with Gasteiger partial charge in [0.05, 0.1) is 4.92 Å². The summed E-state index contributed by atoms with van der Waals surface area (Å²) in [6.45, 7) is 1.12. The molecule has 0 N–H and O–H groups in total. The lowest BCUT2D eigenvalue weighted by molar-refractivity contribution is -0.384. The molecule has 0 atom stereocenters. The van der Waals surface area contributed by atoms with Gasteiger partial charge in [0.15, 0.2) is 11.5 Å². The van der Waals surface area contributed by atoms with Gasteiger partial charge in [-0.15, -0.1) is 11.8 Å². The first-order valence-corrected chi connectivity index (χ1v) is 8.36. The van der Waals surface area contributed by atoms with Crippen molar-refractivity contribution in [2.75, 3.05) is 13.2 Å². The molecule has 0 unspecified atom stereocenters. The zero-order valence-corrected chi connectivity index (χ0v) is 13.9. The van der Waals surface area contributed by atoms with Crippen molar-refractivity contribution in [3.8, 4) is 11.5 Å². The molecule has 0 bridgehead atoms. The molecule has 2 aromatic rings. The van der Waals surface area contributed by atoms with Crippen LogP contribution in [0.3, 0.4) is 0 Å². The zero-order valence-electron chi connectivity index (χ0n) is 11.5. The summed E-state index contributed by atoms with van der Waals surface area (Å²) in [5.41, 5.74) is 1.19. The van der Waals surface area contributed by atoms with E-state index in [1.807, 2.05) is 12.1 Å². The number of halogens is 1. The quantitative estimate of drug-likeness (QED) is 0.445. The van der Waals surface area contributed by atoms with Crippen LogP contribution in [0.2, 0.25) is 0 Å². The van der Waals surface area contributed by atoms with Gasteiger partial charge in [-0.2, -0.15) is 0 Å². The molecule has 0 saturated heterocycles. The van der Waals surface area contributed by atoms with E-state index in [-0.39, 0.29) is 5.69 Å². The Hall–Kier alpha value is -1.73. The van der Waals surface area contributed by atoms with Gasteiger partial charge in [0, 0.05) is 27.3 Å². The summed E-state index contributed by atoms with van der Waals surface area (Å²) in [4.78, 5) is 11.2. The largest absolute Gasteiger partial charge is 0.486 e. The van der Waals surface area contributed by atoms with Gasteiger partial charge in [0.25, 0.3) is 5.69 Å². The minimum absolute atomic E-state index is 0.102. The minimum atomic E-state index is -0.397. The second-order valence-corrected chi connectivity index (χ2v) is 6.53. The first-order chi connectivity index (χ1) is 10.6. The first kappa shape index (κ1) is 15.2. The van der Waals surface area contributed by atoms with E-state index < -0.39 is 4.92 Å². The van der Waals surface area contributed by atoms with Gasteiger partial charge >= 0.3 is 0 Å². The number of rotatable bonds is 4. The molecular formula is C15H12BrNO4S. The molecule has 0 spiro atoms. The lowest BCUT2D eigenvalue weighted by Crippen LogP contribution is -2.15. The smallest absolute Gasteiger partial charge is 0.269 e. The van der Waals surface area contributed by atoms with E-state index in [1.54, 1.807) is 23.9 Å². The van der Waals surface area contributed by atoms with Crippen LogP contribution in [0.4, 0.5) is 5.69 Å². The maximum atomic E-state index is 10.6. The number of hydrogen-bond acceptors (Lipinski definition) is 5. The molecule has 0 saturated carbocycles. The molecule has 0 fully saturated rings. The highest BCUT2D eigenvalue weighted by Gasteiger charge is 2.15. The van der Waals surface area contributed by atoms with Crippen molar-refractivity contribution in [2.45, 2.75) is 10.6 Å². The minimum Gasteiger partial charge on any atom is -0.486 e. The van der Waals surface area contributed by atoms with E-state index in [2.05, 4.69) is 15.9 Å². The molecule has 3 rings (SSSR count). The molecular weight excluding hydrogens is 370 g/mol. The van der Waals surface area contributed by atoms with Crippen LogP contribution >= 0.6 is 27.7 Å². The van der Waals surface area contributed by atoms with Crippen LogP contribution < -0.4 is 9.47 Å². The lowest BCUT2D eigenvalue weighted by Gasteiger charge is -2.19. The summed E-state index contributed by atoms with van der Waals surface area (Å²) < 4.78 is 12.1. The number of fused-ring (bicyclic) bond motifs is 1. The average Bonchev–Trinajstić information content (AvgIpc) is 2.53. The Morgan fingerprint density at radius 2 is 1.77 bits per heavy atom. The van der Waals surface area contributed by atoms with Gasteiger partial charge < -0.3 is 9.47 Å². The number of ether oxygens (including phenoxy) is 2. The topological polar surface area (TPSA) is 61.6 Å². The van der Waals surface area contributed by atoms with Crippen LogP contribution in [0.25, 0.3) is 0 Å². The molecule has 1 aliphatic rings. The normalized spacial score (nSPS) is 13.0. The maximum absolute atomic E-state index is 10.6. The number of nitro groups is 1. The van der Waals surface area contributed by atoms with Crippen molar-refractivity contribution in [3.63, 3.8) is 0 Å². The highest BCUT2D eigenvalue weighted by Crippen LogP contribution is 2.37. The van der Waals surface area contributed by atoms with E-state index in [0.717, 1.165) is 32.2 Å². The molecule has 1 aliphatic heterocycles. The summed E-state index contributed by atoms with van der Waals surface area (Å²) in [7, 11) is 0. The highest BCUT2D eigenvalue weighted by molar-refractivity contribution is 9.10. The van der Waals surface area contributed by atoms with Gasteiger partial charge in [-0.1, -0.05) is 15.9 Å². The molecule has 0 amide bonds. The van der Waals surface area contributed by atoms with Gasteiger partial charge in [0.2, 0.25) is 0 Å². The van der Waals surface area contributed by atoms with Crippen molar-refractivity contribution in [1.82, 2.24) is 0 Å². The fourth-order valence-corrected chi connectivity index (χ4v) is 3.58. The molecule has 5 nitrogen and oxygen atoms in total. The molecule has 22 heavy (non-hydrogen) atoms. The molecule has 0 aromatic heterocycles. The third kappa shape index (κ3) is 3.36. The SMILES string of the molecule is O=[N+]([O-])c1ccc(SCc2cc3c(cc2Br)OCCO3)cc1.